The van der Waals surface area contributed by atoms with Crippen molar-refractivity contribution in [2.45, 2.75) is 0 Å². The number of pyridine rings is 1. The second-order valence-electron chi connectivity index (χ2n) is 5.26. The predicted molar refractivity (Wildman–Crippen MR) is 103 cm³/mol. The standard InChI is InChI=1S/C19H13BrClN3O/c1-25-18-7-6-11(8-15(18)20)13-9-17(24-19(23)14(13)10-22)12-4-2-3-5-16(12)21/h2-9H,1H3,(H2,23,24). The maximum atomic E-state index is 9.51. The monoisotopic (exact) mass is 413 g/mol. The van der Waals surface area contributed by atoms with E-state index in [4.69, 9.17) is 22.1 Å². The summed E-state index contributed by atoms with van der Waals surface area (Å²) >= 11 is 9.75. The number of nitrogens with zero attached hydrogens (tertiary/aromatic N) is 2. The summed E-state index contributed by atoms with van der Waals surface area (Å²) in [6.07, 6.45) is 0. The molecule has 4 nitrogen and oxygen atoms in total. The van der Waals surface area contributed by atoms with Gasteiger partial charge in [-0.05, 0) is 45.8 Å². The van der Waals surface area contributed by atoms with Crippen molar-refractivity contribution in [2.24, 2.45) is 0 Å². The minimum Gasteiger partial charge on any atom is -0.496 e. The summed E-state index contributed by atoms with van der Waals surface area (Å²) < 4.78 is 6.04. The molecule has 124 valence electrons. The van der Waals surface area contributed by atoms with Gasteiger partial charge < -0.3 is 10.5 Å². The van der Waals surface area contributed by atoms with Gasteiger partial charge in [0.15, 0.2) is 0 Å². The Labute approximate surface area is 159 Å². The number of benzene rings is 2. The molecular weight excluding hydrogens is 402 g/mol. The Bertz CT molecular complexity index is 998. The number of hydrogen-bond acceptors (Lipinski definition) is 4. The molecule has 0 fully saturated rings. The highest BCUT2D eigenvalue weighted by atomic mass is 79.9. The number of hydrogen-bond donors (Lipinski definition) is 1. The fourth-order valence-corrected chi connectivity index (χ4v) is 3.32. The molecule has 0 radical (unpaired) electrons. The quantitative estimate of drug-likeness (QED) is 0.631. The summed E-state index contributed by atoms with van der Waals surface area (Å²) in [5.74, 6) is 0.873. The van der Waals surface area contributed by atoms with Gasteiger partial charge in [0.25, 0.3) is 0 Å². The first kappa shape index (κ1) is 17.3. The number of anilines is 1. The number of aromatic nitrogens is 1. The molecule has 0 aliphatic carbocycles. The van der Waals surface area contributed by atoms with Crippen molar-refractivity contribution in [1.29, 1.82) is 5.26 Å². The third-order valence-electron chi connectivity index (χ3n) is 3.77. The molecule has 1 aromatic heterocycles. The summed E-state index contributed by atoms with van der Waals surface area (Å²) in [5, 5.41) is 10.1. The van der Waals surface area contributed by atoms with Gasteiger partial charge in [0.1, 0.15) is 23.2 Å². The number of nitrogen functional groups attached to an aromatic ring is 1. The largest absolute Gasteiger partial charge is 0.496 e. The number of nitrogens with two attached hydrogens (primary N) is 1. The lowest BCUT2D eigenvalue weighted by Gasteiger charge is -2.12. The predicted octanol–water partition coefficient (Wildman–Crippen LogP) is 5.29. The van der Waals surface area contributed by atoms with E-state index in [1.165, 1.54) is 0 Å². The van der Waals surface area contributed by atoms with Crippen LogP contribution in [-0.2, 0) is 0 Å². The topological polar surface area (TPSA) is 71.9 Å². The molecule has 0 spiro atoms. The second-order valence-corrected chi connectivity index (χ2v) is 6.52. The van der Waals surface area contributed by atoms with Crippen molar-refractivity contribution in [2.75, 3.05) is 12.8 Å². The van der Waals surface area contributed by atoms with Gasteiger partial charge in [-0.1, -0.05) is 35.9 Å². The average molecular weight is 415 g/mol. The van der Waals surface area contributed by atoms with Crippen LogP contribution in [0.3, 0.4) is 0 Å². The van der Waals surface area contributed by atoms with Crippen LogP contribution in [0.15, 0.2) is 53.0 Å². The van der Waals surface area contributed by atoms with Crippen molar-refractivity contribution in [1.82, 2.24) is 4.98 Å². The molecule has 0 unspecified atom stereocenters. The van der Waals surface area contributed by atoms with E-state index < -0.39 is 0 Å². The highest BCUT2D eigenvalue weighted by Gasteiger charge is 2.15. The van der Waals surface area contributed by atoms with E-state index >= 15 is 0 Å². The number of ether oxygens (including phenoxy) is 1. The molecule has 0 amide bonds. The number of nitriles is 1. The van der Waals surface area contributed by atoms with Gasteiger partial charge in [-0.15, -0.1) is 0 Å². The highest BCUT2D eigenvalue weighted by Crippen LogP contribution is 2.36. The Kier molecular flexibility index (Phi) is 4.93. The Morgan fingerprint density at radius 3 is 2.56 bits per heavy atom. The zero-order valence-electron chi connectivity index (χ0n) is 13.3. The molecule has 0 aliphatic rings. The van der Waals surface area contributed by atoms with Gasteiger partial charge in [0.05, 0.1) is 17.3 Å². The second kappa shape index (κ2) is 7.14. The van der Waals surface area contributed by atoms with Crippen LogP contribution in [0.25, 0.3) is 22.4 Å². The van der Waals surface area contributed by atoms with Gasteiger partial charge in [-0.25, -0.2) is 4.98 Å². The number of rotatable bonds is 3. The van der Waals surface area contributed by atoms with Gasteiger partial charge in [0, 0.05) is 16.1 Å². The lowest BCUT2D eigenvalue weighted by Crippen LogP contribution is -2.00. The Hall–Kier alpha value is -2.55. The van der Waals surface area contributed by atoms with Crippen LogP contribution >= 0.6 is 27.5 Å². The van der Waals surface area contributed by atoms with E-state index in [1.807, 2.05) is 42.5 Å². The van der Waals surface area contributed by atoms with Gasteiger partial charge in [0.2, 0.25) is 0 Å². The minimum absolute atomic E-state index is 0.168. The number of methoxy groups -OCH3 is 1. The van der Waals surface area contributed by atoms with Crippen molar-refractivity contribution in [3.63, 3.8) is 0 Å². The lowest BCUT2D eigenvalue weighted by molar-refractivity contribution is 0.412. The molecular formula is C19H13BrClN3O. The molecule has 25 heavy (non-hydrogen) atoms. The number of halogens is 2. The van der Waals surface area contributed by atoms with Crippen LogP contribution in [0.4, 0.5) is 5.82 Å². The van der Waals surface area contributed by atoms with Crippen LogP contribution in [0, 0.1) is 11.3 Å². The van der Waals surface area contributed by atoms with Crippen molar-refractivity contribution in [3.05, 3.63) is 63.6 Å². The maximum Gasteiger partial charge on any atom is 0.142 e. The summed E-state index contributed by atoms with van der Waals surface area (Å²) in [4.78, 5) is 4.35. The molecule has 0 atom stereocenters. The van der Waals surface area contributed by atoms with Crippen LogP contribution in [0.5, 0.6) is 5.75 Å². The Morgan fingerprint density at radius 2 is 1.92 bits per heavy atom. The average Bonchev–Trinajstić information content (AvgIpc) is 2.61. The van der Waals surface area contributed by atoms with E-state index in [2.05, 4.69) is 27.0 Å². The SMILES string of the molecule is COc1ccc(-c2cc(-c3ccccc3Cl)nc(N)c2C#N)cc1Br. The zero-order valence-corrected chi connectivity index (χ0v) is 15.6. The van der Waals surface area contributed by atoms with Gasteiger partial charge in [-0.2, -0.15) is 5.26 Å². The first-order valence-electron chi connectivity index (χ1n) is 7.34. The maximum absolute atomic E-state index is 9.51. The fourth-order valence-electron chi connectivity index (χ4n) is 2.55. The van der Waals surface area contributed by atoms with E-state index in [0.717, 1.165) is 15.6 Å². The van der Waals surface area contributed by atoms with E-state index in [1.54, 1.807) is 13.2 Å². The van der Waals surface area contributed by atoms with Crippen molar-refractivity contribution < 1.29 is 4.74 Å². The molecule has 3 rings (SSSR count). The van der Waals surface area contributed by atoms with Crippen molar-refractivity contribution >= 4 is 33.3 Å². The molecule has 6 heteroatoms. The van der Waals surface area contributed by atoms with Gasteiger partial charge in [-0.3, -0.25) is 0 Å². The summed E-state index contributed by atoms with van der Waals surface area (Å²) in [7, 11) is 1.60. The normalized spacial score (nSPS) is 10.3. The highest BCUT2D eigenvalue weighted by molar-refractivity contribution is 9.10. The molecule has 1 heterocycles. The van der Waals surface area contributed by atoms with E-state index in [9.17, 15) is 5.26 Å². The summed E-state index contributed by atoms with van der Waals surface area (Å²) in [5.41, 5.74) is 9.25. The van der Waals surface area contributed by atoms with Crippen LogP contribution in [-0.4, -0.2) is 12.1 Å². The first-order valence-corrected chi connectivity index (χ1v) is 8.51. The molecule has 0 aliphatic heterocycles. The Morgan fingerprint density at radius 1 is 1.16 bits per heavy atom. The molecule has 2 N–H and O–H groups in total. The van der Waals surface area contributed by atoms with Gasteiger partial charge >= 0.3 is 0 Å². The zero-order chi connectivity index (χ0) is 18.0. The smallest absolute Gasteiger partial charge is 0.142 e. The van der Waals surface area contributed by atoms with Crippen molar-refractivity contribution in [3.8, 4) is 34.2 Å². The molecule has 0 bridgehead atoms. The van der Waals surface area contributed by atoms with Crippen LogP contribution in [0.1, 0.15) is 5.56 Å². The first-order chi connectivity index (χ1) is 12.0. The molecule has 3 aromatic rings. The molecule has 2 aromatic carbocycles. The fraction of sp³-hybridized carbons (Fsp3) is 0.0526. The van der Waals surface area contributed by atoms with E-state index in [0.29, 0.717) is 27.6 Å². The summed E-state index contributed by atoms with van der Waals surface area (Å²) in [6.45, 7) is 0. The molecule has 0 saturated heterocycles. The lowest BCUT2D eigenvalue weighted by atomic mass is 9.98. The van der Waals surface area contributed by atoms with Crippen LogP contribution in [0.2, 0.25) is 5.02 Å². The molecule has 0 saturated carbocycles. The third-order valence-corrected chi connectivity index (χ3v) is 4.72. The summed E-state index contributed by atoms with van der Waals surface area (Å²) in [6, 6.07) is 16.9. The van der Waals surface area contributed by atoms with E-state index in [-0.39, 0.29) is 5.82 Å². The minimum atomic E-state index is 0.168. The Balaban J connectivity index is 2.24. The van der Waals surface area contributed by atoms with Crippen LogP contribution < -0.4 is 10.5 Å². The third kappa shape index (κ3) is 3.32.